The Hall–Kier alpha value is -11.3. The Balaban J connectivity index is 0.000000146. The van der Waals surface area contributed by atoms with Gasteiger partial charge in [-0.3, -0.25) is 44.7 Å². The van der Waals surface area contributed by atoms with E-state index in [9.17, 15) is 44.1 Å². The molecule has 8 N–H and O–H groups in total. The first-order chi connectivity index (χ1) is 50.2. The minimum absolute atomic E-state index is 0.0755. The topological polar surface area (TPSA) is 367 Å². The number of nitrogens with one attached hydrogen (secondary N) is 5. The predicted molar refractivity (Wildman–Crippen MR) is 390 cm³/mol. The number of nitrogens with zero attached hydrogens (tertiary/aromatic N) is 13. The van der Waals surface area contributed by atoms with Gasteiger partial charge in [-0.15, -0.1) is 0 Å². The number of anilines is 6. The van der Waals surface area contributed by atoms with Crippen molar-refractivity contribution in [1.29, 1.82) is 0 Å². The maximum absolute atomic E-state index is 13.0. The van der Waals surface area contributed by atoms with E-state index >= 15 is 0 Å². The molecule has 4 aliphatic rings. The van der Waals surface area contributed by atoms with Crippen molar-refractivity contribution in [3.05, 3.63) is 161 Å². The van der Waals surface area contributed by atoms with E-state index in [1.807, 2.05) is 108 Å². The zero-order valence-electron chi connectivity index (χ0n) is 57.7. The Morgan fingerprint density at radius 3 is 1.20 bits per heavy atom. The van der Waals surface area contributed by atoms with Crippen LogP contribution in [0.25, 0.3) is 33.5 Å². The van der Waals surface area contributed by atoms with E-state index in [0.29, 0.717) is 125 Å². The van der Waals surface area contributed by atoms with Crippen molar-refractivity contribution in [3.8, 4) is 0 Å². The number of unbranched alkanes of at least 4 members (excludes halogenated alkanes) is 1. The van der Waals surface area contributed by atoms with Crippen LogP contribution in [0.15, 0.2) is 122 Å². The van der Waals surface area contributed by atoms with Crippen LogP contribution in [0.4, 0.5) is 35.3 Å². The Morgan fingerprint density at radius 1 is 0.447 bits per heavy atom. The molecule has 10 aromatic rings. The average Bonchev–Trinajstić information content (AvgIpc) is 1.68. The fourth-order valence-corrected chi connectivity index (χ4v) is 13.7. The van der Waals surface area contributed by atoms with Gasteiger partial charge in [0.15, 0.2) is 50.9 Å². The van der Waals surface area contributed by atoms with Gasteiger partial charge >= 0.3 is 17.9 Å². The first kappa shape index (κ1) is 71.5. The van der Waals surface area contributed by atoms with Crippen LogP contribution in [0.3, 0.4) is 0 Å². The Morgan fingerprint density at radius 2 is 0.816 bits per heavy atom. The number of aliphatic carboxylic acids is 3. The van der Waals surface area contributed by atoms with Gasteiger partial charge in [0, 0.05) is 42.9 Å². The third-order valence-corrected chi connectivity index (χ3v) is 19.2. The normalized spacial score (nSPS) is 15.1. The molecule has 14 rings (SSSR count). The molecule has 28 heteroatoms. The highest BCUT2D eigenvalue weighted by Gasteiger charge is 2.26. The van der Waals surface area contributed by atoms with Gasteiger partial charge in [0.2, 0.25) is 17.8 Å². The highest BCUT2D eigenvalue weighted by molar-refractivity contribution is 6.05. The monoisotopic (exact) mass is 1400 g/mol. The molecule has 3 aliphatic carbocycles. The number of rotatable bonds is 23. The molecule has 0 spiro atoms. The molecule has 1 aliphatic heterocycles. The standard InChI is InChI=1S/C27H28N6O3.C24H28N6O4.C24H30N6O3/c34-22(35)16-33-17-29-23-24(28-15-18-7-3-1-4-8-18)30-27(31-25(23)33)32-26(36)21-13-11-20(12-14-21)19-9-5-2-6-10-19;31-19(32)14-30-15-25-20-21(29-10-12-34-13-11-29)26-24(27-22(20)30)28-23(33)18-8-6-17(7-9-18)16-4-2-1-3-5-16;1-2-3-13-25-21-20-22(30(15-26-20)14-19(31)32)28-24(27-21)29-23(33)18-11-9-17(10-12-18)16-7-5-4-6-8-16/h1,3-4,7-8,11-14,17,19H,2,5-6,9-10,15-16H2,(H,34,35)(H2,28,30,31,32,36);6-9,15-16H,1-5,10-14H2,(H,31,32)(H,26,27,28,33);9-12,15-16H,2-8,13-14H2,1H3,(H,31,32)(H2,25,27,28,29,33). The molecule has 0 bridgehead atoms. The van der Waals surface area contributed by atoms with Crippen molar-refractivity contribution in [2.75, 3.05) is 64.3 Å². The third-order valence-electron chi connectivity index (χ3n) is 19.2. The fraction of sp³-hybridized carbons (Fsp3) is 0.400. The van der Waals surface area contributed by atoms with Gasteiger partial charge in [-0.05, 0) is 121 Å². The Bertz CT molecular complexity index is 4580. The van der Waals surface area contributed by atoms with Crippen LogP contribution in [0, 0.1) is 0 Å². The number of morpholine rings is 1. The van der Waals surface area contributed by atoms with Crippen LogP contribution in [0.2, 0.25) is 0 Å². The highest BCUT2D eigenvalue weighted by Crippen LogP contribution is 2.36. The van der Waals surface area contributed by atoms with Gasteiger partial charge in [0.1, 0.15) is 19.6 Å². The van der Waals surface area contributed by atoms with Gasteiger partial charge in [-0.25, -0.2) is 15.0 Å². The number of amides is 3. The van der Waals surface area contributed by atoms with Crippen molar-refractivity contribution in [2.24, 2.45) is 0 Å². The SMILES string of the molecule is CCCCNc1nc(NC(=O)c2ccc(C3CCCCC3)cc2)nc2c1ncn2CC(=O)O.O=C(O)Cn1cnc2c(N3CCOCC3)nc(NC(=O)c3ccc(C4CCCCC4)cc3)nc21.O=C(O)Cn1cnc2c(NCc3ccccc3)nc(NC(=O)c3ccc(C4CCCCC4)cc3)nc21. The van der Waals surface area contributed by atoms with Gasteiger partial charge in [-0.1, -0.05) is 138 Å². The van der Waals surface area contributed by atoms with Gasteiger partial charge in [0.25, 0.3) is 17.7 Å². The summed E-state index contributed by atoms with van der Waals surface area (Å²) in [4.78, 5) is 114. The van der Waals surface area contributed by atoms with Crippen molar-refractivity contribution in [2.45, 2.75) is 160 Å². The molecule has 0 radical (unpaired) electrons. The molecule has 3 saturated carbocycles. The van der Waals surface area contributed by atoms with E-state index in [4.69, 9.17) is 4.74 Å². The lowest BCUT2D eigenvalue weighted by Crippen LogP contribution is -2.37. The predicted octanol–water partition coefficient (Wildman–Crippen LogP) is 12.3. The number of aromatic nitrogens is 12. The molecule has 0 unspecified atom stereocenters. The number of hydrogen-bond donors (Lipinski definition) is 8. The molecular weight excluding hydrogens is 1310 g/mol. The maximum atomic E-state index is 13.0. The van der Waals surface area contributed by atoms with Crippen molar-refractivity contribution in [1.82, 2.24) is 58.6 Å². The summed E-state index contributed by atoms with van der Waals surface area (Å²) in [6, 6.07) is 33.0. The molecular formula is C75H86N18O10. The van der Waals surface area contributed by atoms with Crippen LogP contribution < -0.4 is 31.5 Å². The number of carbonyl (C=O) groups excluding carboxylic acids is 3. The minimum Gasteiger partial charge on any atom is -0.480 e. The molecule has 6 aromatic heterocycles. The first-order valence-corrected chi connectivity index (χ1v) is 35.6. The van der Waals surface area contributed by atoms with Crippen molar-refractivity contribution in [3.63, 3.8) is 0 Å². The van der Waals surface area contributed by atoms with Crippen LogP contribution in [-0.2, 0) is 45.3 Å². The van der Waals surface area contributed by atoms with Gasteiger partial charge < -0.3 is 49.3 Å². The number of benzene rings is 4. The summed E-state index contributed by atoms with van der Waals surface area (Å²) in [6.07, 6.45) is 24.9. The molecule has 28 nitrogen and oxygen atoms in total. The molecule has 103 heavy (non-hydrogen) atoms. The summed E-state index contributed by atoms with van der Waals surface area (Å²) in [6.45, 7) is 4.73. The lowest BCUT2D eigenvalue weighted by Gasteiger charge is -2.28. The molecule has 7 heterocycles. The van der Waals surface area contributed by atoms with E-state index in [1.54, 1.807) is 0 Å². The molecule has 4 aromatic carbocycles. The second-order valence-corrected chi connectivity index (χ2v) is 26.4. The fourth-order valence-electron chi connectivity index (χ4n) is 13.7. The lowest BCUT2D eigenvalue weighted by atomic mass is 9.84. The zero-order valence-corrected chi connectivity index (χ0v) is 57.7. The maximum Gasteiger partial charge on any atom is 0.323 e. The number of carboxylic acids is 3. The summed E-state index contributed by atoms with van der Waals surface area (Å²) in [5, 5.41) is 42.5. The summed E-state index contributed by atoms with van der Waals surface area (Å²) < 4.78 is 9.73. The number of imidazole rings is 3. The van der Waals surface area contributed by atoms with Gasteiger partial charge in [0.05, 0.1) is 32.2 Å². The molecule has 536 valence electrons. The second-order valence-electron chi connectivity index (χ2n) is 26.4. The molecule has 4 fully saturated rings. The number of hydrogen-bond acceptors (Lipinski definition) is 19. The van der Waals surface area contributed by atoms with Crippen LogP contribution in [0.1, 0.15) is 187 Å². The van der Waals surface area contributed by atoms with Crippen LogP contribution >= 0.6 is 0 Å². The molecule has 3 amide bonds. The smallest absolute Gasteiger partial charge is 0.323 e. The number of fused-ring (bicyclic) bond motifs is 3. The summed E-state index contributed by atoms with van der Waals surface area (Å²) in [7, 11) is 0. The Kier molecular flexibility index (Phi) is 23.9. The van der Waals surface area contributed by atoms with Crippen molar-refractivity contribution < 1.29 is 48.8 Å². The third kappa shape index (κ3) is 18.6. The zero-order chi connectivity index (χ0) is 71.6. The van der Waals surface area contributed by atoms with E-state index in [0.717, 1.165) is 18.4 Å². The second kappa shape index (κ2) is 34.4. The quantitative estimate of drug-likeness (QED) is 0.0276. The minimum atomic E-state index is -1.02. The van der Waals surface area contributed by atoms with E-state index in [-0.39, 0.29) is 55.2 Å². The van der Waals surface area contributed by atoms with Gasteiger partial charge in [-0.2, -0.15) is 29.9 Å². The first-order valence-electron chi connectivity index (χ1n) is 35.6. The van der Waals surface area contributed by atoms with Crippen molar-refractivity contribution >= 4 is 104 Å². The van der Waals surface area contributed by atoms with E-state index < -0.39 is 17.9 Å². The molecule has 0 atom stereocenters. The highest BCUT2D eigenvalue weighted by atomic mass is 16.5. The number of carbonyl (C=O) groups is 6. The van der Waals surface area contributed by atoms with Crippen LogP contribution in [0.5, 0.6) is 0 Å². The Labute approximate surface area is 594 Å². The summed E-state index contributed by atoms with van der Waals surface area (Å²) >= 11 is 0. The summed E-state index contributed by atoms with van der Waals surface area (Å²) in [5.74, 6) is -0.532. The van der Waals surface area contributed by atoms with E-state index in [1.165, 1.54) is 146 Å². The van der Waals surface area contributed by atoms with E-state index in [2.05, 4.69) is 78.4 Å². The lowest BCUT2D eigenvalue weighted by molar-refractivity contribution is -0.138. The summed E-state index contributed by atoms with van der Waals surface area (Å²) in [5.41, 5.74) is 8.88. The number of ether oxygens (including phenoxy) is 1. The number of carboxylic acid groups (broad SMARTS) is 3. The average molecular weight is 1400 g/mol. The molecule has 1 saturated heterocycles. The largest absolute Gasteiger partial charge is 0.480 e. The van der Waals surface area contributed by atoms with Crippen LogP contribution in [-0.4, -0.2) is 142 Å².